The maximum Gasteiger partial charge on any atom is 0.303 e. The van der Waals surface area contributed by atoms with Crippen molar-refractivity contribution in [3.8, 4) is 11.5 Å². The molecule has 1 heterocycles. The van der Waals surface area contributed by atoms with E-state index in [0.717, 1.165) is 48.3 Å². The Labute approximate surface area is 189 Å². The molecule has 1 unspecified atom stereocenters. The van der Waals surface area contributed by atoms with E-state index in [1.807, 2.05) is 0 Å². The largest absolute Gasteiger partial charge is 0.493 e. The number of hydrogen-bond acceptors (Lipinski definition) is 3. The lowest BCUT2D eigenvalue weighted by molar-refractivity contribution is -0.137. The monoisotopic (exact) mass is 430 g/mol. The van der Waals surface area contributed by atoms with Crippen LogP contribution in [-0.2, 0) is 11.2 Å². The van der Waals surface area contributed by atoms with Crippen molar-refractivity contribution >= 4 is 5.97 Å². The Hall–Kier alpha value is -1.97. The van der Waals surface area contributed by atoms with Gasteiger partial charge in [-0.25, -0.2) is 0 Å². The Morgan fingerprint density at radius 1 is 1.06 bits per heavy atom. The van der Waals surface area contributed by atoms with Crippen molar-refractivity contribution in [3.63, 3.8) is 0 Å². The molecular formula is C27H42O4. The van der Waals surface area contributed by atoms with Crippen LogP contribution in [0.3, 0.4) is 0 Å². The van der Waals surface area contributed by atoms with Crippen molar-refractivity contribution in [2.45, 2.75) is 111 Å². The molecule has 1 aliphatic rings. The molecule has 1 atom stereocenters. The summed E-state index contributed by atoms with van der Waals surface area (Å²) in [6.07, 6.45) is 15.8. The zero-order valence-electron chi connectivity index (χ0n) is 20.3. The number of fused-ring (bicyclic) bond motifs is 1. The van der Waals surface area contributed by atoms with Crippen LogP contribution in [0.2, 0.25) is 0 Å². The predicted molar refractivity (Wildman–Crippen MR) is 128 cm³/mol. The first-order valence-corrected chi connectivity index (χ1v) is 12.1. The number of aliphatic carboxylic acids is 1. The van der Waals surface area contributed by atoms with Gasteiger partial charge in [-0.3, -0.25) is 4.79 Å². The van der Waals surface area contributed by atoms with Crippen LogP contribution < -0.4 is 9.47 Å². The molecule has 31 heavy (non-hydrogen) atoms. The van der Waals surface area contributed by atoms with Crippen molar-refractivity contribution in [3.05, 3.63) is 34.4 Å². The first-order valence-electron chi connectivity index (χ1n) is 12.1. The zero-order chi connectivity index (χ0) is 22.9. The molecular weight excluding hydrogens is 388 g/mol. The second-order valence-corrected chi connectivity index (χ2v) is 9.23. The molecule has 0 aliphatic carbocycles. The topological polar surface area (TPSA) is 55.8 Å². The lowest BCUT2D eigenvalue weighted by Gasteiger charge is -2.36. The molecule has 0 radical (unpaired) electrons. The number of carboxylic acid groups (broad SMARTS) is 1. The maximum absolute atomic E-state index is 10.7. The molecule has 4 heteroatoms. The Morgan fingerprint density at radius 3 is 2.52 bits per heavy atom. The molecule has 0 spiro atoms. The molecule has 174 valence electrons. The molecule has 1 aliphatic heterocycles. The van der Waals surface area contributed by atoms with Crippen molar-refractivity contribution in [2.24, 2.45) is 0 Å². The van der Waals surface area contributed by atoms with Gasteiger partial charge in [0.1, 0.15) is 17.1 Å². The van der Waals surface area contributed by atoms with Crippen molar-refractivity contribution in [2.75, 3.05) is 6.61 Å². The summed E-state index contributed by atoms with van der Waals surface area (Å²) in [5.74, 6) is 1.22. The van der Waals surface area contributed by atoms with Gasteiger partial charge in [-0.15, -0.1) is 0 Å². The average Bonchev–Trinajstić information content (AvgIpc) is 2.73. The highest BCUT2D eigenvalue weighted by Crippen LogP contribution is 2.44. The first-order chi connectivity index (χ1) is 14.8. The van der Waals surface area contributed by atoms with E-state index in [-0.39, 0.29) is 12.0 Å². The van der Waals surface area contributed by atoms with Gasteiger partial charge in [0.15, 0.2) is 0 Å². The predicted octanol–water partition coefficient (Wildman–Crippen LogP) is 7.25. The summed E-state index contributed by atoms with van der Waals surface area (Å²) in [7, 11) is 0. The second kappa shape index (κ2) is 12.2. The van der Waals surface area contributed by atoms with Gasteiger partial charge in [0.2, 0.25) is 0 Å². The van der Waals surface area contributed by atoms with Gasteiger partial charge in [0, 0.05) is 12.0 Å². The third-order valence-electron chi connectivity index (χ3n) is 6.49. The highest BCUT2D eigenvalue weighted by molar-refractivity contribution is 5.66. The highest BCUT2D eigenvalue weighted by atomic mass is 16.5. The Morgan fingerprint density at radius 2 is 1.81 bits per heavy atom. The molecule has 0 saturated heterocycles. The van der Waals surface area contributed by atoms with E-state index in [9.17, 15) is 4.79 Å². The minimum atomic E-state index is -0.747. The summed E-state index contributed by atoms with van der Waals surface area (Å²) < 4.78 is 12.7. The van der Waals surface area contributed by atoms with E-state index in [1.54, 1.807) is 0 Å². The Bertz CT molecular complexity index is 765. The van der Waals surface area contributed by atoms with Crippen LogP contribution >= 0.6 is 0 Å². The van der Waals surface area contributed by atoms with Gasteiger partial charge in [0.05, 0.1) is 6.61 Å². The molecule has 1 N–H and O–H groups in total. The van der Waals surface area contributed by atoms with Crippen molar-refractivity contribution < 1.29 is 19.4 Å². The van der Waals surface area contributed by atoms with Gasteiger partial charge in [-0.1, -0.05) is 38.7 Å². The van der Waals surface area contributed by atoms with E-state index in [0.29, 0.717) is 13.0 Å². The summed E-state index contributed by atoms with van der Waals surface area (Å²) in [5, 5.41) is 8.78. The standard InChI is InChI=1S/C27H42O4/c1-6-7-8-9-10-11-13-17-27(5)18-16-23-22(4)25(20(2)21(3)26(23)31-27)30-19-14-12-15-24(28)29/h13,17H,6-12,14-16,18-19H2,1-5H3,(H,28,29)/b17-13+. The molecule has 0 amide bonds. The second-order valence-electron chi connectivity index (χ2n) is 9.23. The number of ether oxygens (including phenoxy) is 2. The van der Waals surface area contributed by atoms with Crippen LogP contribution in [-0.4, -0.2) is 23.3 Å². The van der Waals surface area contributed by atoms with Crippen LogP contribution in [0.1, 0.15) is 100 Å². The summed E-state index contributed by atoms with van der Waals surface area (Å²) in [4.78, 5) is 10.7. The van der Waals surface area contributed by atoms with Crippen molar-refractivity contribution in [1.82, 2.24) is 0 Å². The van der Waals surface area contributed by atoms with Gasteiger partial charge in [-0.2, -0.15) is 0 Å². The number of allylic oxidation sites excluding steroid dienone is 1. The number of rotatable bonds is 13. The van der Waals surface area contributed by atoms with E-state index >= 15 is 0 Å². The number of hydrogen-bond donors (Lipinski definition) is 1. The molecule has 0 aromatic heterocycles. The van der Waals surface area contributed by atoms with Gasteiger partial charge in [0.25, 0.3) is 0 Å². The van der Waals surface area contributed by atoms with Crippen LogP contribution in [0.15, 0.2) is 12.2 Å². The normalized spacial score (nSPS) is 18.1. The quantitative estimate of drug-likeness (QED) is 0.264. The van der Waals surface area contributed by atoms with Gasteiger partial charge < -0.3 is 14.6 Å². The molecule has 2 rings (SSSR count). The third-order valence-corrected chi connectivity index (χ3v) is 6.49. The molecule has 0 saturated carbocycles. The number of benzene rings is 1. The van der Waals surface area contributed by atoms with Crippen molar-refractivity contribution in [1.29, 1.82) is 0 Å². The summed E-state index contributed by atoms with van der Waals surface area (Å²) in [6.45, 7) is 11.3. The minimum Gasteiger partial charge on any atom is -0.493 e. The van der Waals surface area contributed by atoms with Crippen LogP contribution in [0.5, 0.6) is 11.5 Å². The number of carbonyl (C=O) groups is 1. The smallest absolute Gasteiger partial charge is 0.303 e. The van der Waals surface area contributed by atoms with Crippen LogP contribution in [0.4, 0.5) is 0 Å². The molecule has 0 bridgehead atoms. The van der Waals surface area contributed by atoms with Crippen LogP contribution in [0.25, 0.3) is 0 Å². The van der Waals surface area contributed by atoms with Crippen LogP contribution in [0, 0.1) is 20.8 Å². The van der Waals surface area contributed by atoms with E-state index in [4.69, 9.17) is 14.6 Å². The molecule has 0 fully saturated rings. The molecule has 1 aromatic carbocycles. The fraction of sp³-hybridized carbons (Fsp3) is 0.667. The maximum atomic E-state index is 10.7. The fourth-order valence-electron chi connectivity index (χ4n) is 4.34. The highest BCUT2D eigenvalue weighted by Gasteiger charge is 2.32. The first kappa shape index (κ1) is 25.3. The summed E-state index contributed by atoms with van der Waals surface area (Å²) in [6, 6.07) is 0. The molecule has 4 nitrogen and oxygen atoms in total. The fourth-order valence-corrected chi connectivity index (χ4v) is 4.34. The number of carboxylic acids is 1. The summed E-state index contributed by atoms with van der Waals surface area (Å²) in [5.41, 5.74) is 4.45. The third kappa shape index (κ3) is 7.29. The van der Waals surface area contributed by atoms with E-state index < -0.39 is 5.97 Å². The summed E-state index contributed by atoms with van der Waals surface area (Å²) >= 11 is 0. The molecule has 1 aromatic rings. The zero-order valence-corrected chi connectivity index (χ0v) is 20.3. The average molecular weight is 431 g/mol. The van der Waals surface area contributed by atoms with Gasteiger partial charge in [-0.05, 0) is 89.0 Å². The van der Waals surface area contributed by atoms with Gasteiger partial charge >= 0.3 is 5.97 Å². The van der Waals surface area contributed by atoms with E-state index in [1.165, 1.54) is 43.2 Å². The Kier molecular flexibility index (Phi) is 9.93. The lowest BCUT2D eigenvalue weighted by atomic mass is 9.86. The minimum absolute atomic E-state index is 0.198. The lowest BCUT2D eigenvalue weighted by Crippen LogP contribution is -2.35. The Balaban J connectivity index is 2.01. The SMILES string of the molecule is CCCCCCC/C=C/C1(C)CCc2c(C)c(OCCCCC(=O)O)c(C)c(C)c2O1. The van der Waals surface area contributed by atoms with E-state index in [2.05, 4.69) is 46.8 Å². The number of unbranched alkanes of at least 4 members (excludes halogenated alkanes) is 6.